The molecule has 5 nitrogen and oxygen atoms in total. The fourth-order valence-corrected chi connectivity index (χ4v) is 3.52. The molecule has 0 amide bonds. The monoisotopic (exact) mass is 342 g/mol. The molecule has 0 atom stereocenters. The molecule has 0 N–H and O–H groups in total. The number of carbonyl (C=O) groups excluding carboxylic acids is 1. The summed E-state index contributed by atoms with van der Waals surface area (Å²) in [5.74, 6) is 0.588. The summed E-state index contributed by atoms with van der Waals surface area (Å²) < 4.78 is 6.74. The molecule has 0 saturated heterocycles. The van der Waals surface area contributed by atoms with E-state index in [0.29, 0.717) is 17.6 Å². The number of aromatic nitrogens is 2. The Bertz CT molecular complexity index is 955. The SMILES string of the molecule is CCOc1ccc(C(=O)Cn2cnc3sc(C)c(C)c3c2=O)cc1. The number of hydrogen-bond acceptors (Lipinski definition) is 5. The molecule has 1 aromatic carbocycles. The number of fused-ring (bicyclic) bond motifs is 1. The van der Waals surface area contributed by atoms with Crippen LogP contribution in [-0.2, 0) is 6.54 Å². The fourth-order valence-electron chi connectivity index (χ4n) is 2.53. The van der Waals surface area contributed by atoms with Gasteiger partial charge in [0.15, 0.2) is 5.78 Å². The second-order valence-electron chi connectivity index (χ2n) is 5.52. The van der Waals surface area contributed by atoms with Gasteiger partial charge in [0.05, 0.1) is 24.9 Å². The molecule has 2 heterocycles. The topological polar surface area (TPSA) is 61.2 Å². The summed E-state index contributed by atoms with van der Waals surface area (Å²) in [7, 11) is 0. The molecule has 0 saturated carbocycles. The maximum Gasteiger partial charge on any atom is 0.262 e. The maximum absolute atomic E-state index is 12.6. The van der Waals surface area contributed by atoms with Crippen LogP contribution in [0.2, 0.25) is 0 Å². The first-order valence-corrected chi connectivity index (χ1v) is 8.54. The van der Waals surface area contributed by atoms with Crippen molar-refractivity contribution >= 4 is 27.3 Å². The van der Waals surface area contributed by atoms with Gasteiger partial charge in [-0.05, 0) is 50.6 Å². The number of hydrogen-bond donors (Lipinski definition) is 0. The Balaban J connectivity index is 1.89. The summed E-state index contributed by atoms with van der Waals surface area (Å²) in [6.07, 6.45) is 1.45. The van der Waals surface area contributed by atoms with Crippen LogP contribution in [0.15, 0.2) is 35.4 Å². The van der Waals surface area contributed by atoms with E-state index in [9.17, 15) is 9.59 Å². The number of carbonyl (C=O) groups is 1. The molecule has 0 spiro atoms. The van der Waals surface area contributed by atoms with Gasteiger partial charge in [0.2, 0.25) is 0 Å². The van der Waals surface area contributed by atoms with Crippen LogP contribution in [0.3, 0.4) is 0 Å². The molecule has 0 aliphatic rings. The second-order valence-corrected chi connectivity index (χ2v) is 6.72. The fraction of sp³-hybridized carbons (Fsp3) is 0.278. The predicted octanol–water partition coefficient (Wildman–Crippen LogP) is 3.36. The number of ether oxygens (including phenoxy) is 1. The van der Waals surface area contributed by atoms with Crippen LogP contribution >= 0.6 is 11.3 Å². The molecule has 0 radical (unpaired) electrons. The molecule has 0 unspecified atom stereocenters. The lowest BCUT2D eigenvalue weighted by Crippen LogP contribution is -2.24. The van der Waals surface area contributed by atoms with E-state index < -0.39 is 0 Å². The quantitative estimate of drug-likeness (QED) is 0.667. The molecule has 0 aliphatic heterocycles. The molecule has 3 aromatic rings. The van der Waals surface area contributed by atoms with E-state index in [1.165, 1.54) is 22.2 Å². The van der Waals surface area contributed by atoms with Gasteiger partial charge in [-0.25, -0.2) is 4.98 Å². The molecular formula is C18H18N2O3S. The highest BCUT2D eigenvalue weighted by atomic mass is 32.1. The largest absolute Gasteiger partial charge is 0.494 e. The minimum Gasteiger partial charge on any atom is -0.494 e. The highest BCUT2D eigenvalue weighted by molar-refractivity contribution is 7.18. The maximum atomic E-state index is 12.6. The Hall–Kier alpha value is -2.47. The molecular weight excluding hydrogens is 324 g/mol. The third-order valence-electron chi connectivity index (χ3n) is 3.96. The number of ketones is 1. The van der Waals surface area contributed by atoms with Crippen LogP contribution in [-0.4, -0.2) is 21.9 Å². The standard InChI is InChI=1S/C18H18N2O3S/c1-4-23-14-7-5-13(6-8-14)15(21)9-20-10-19-17-16(18(20)22)11(2)12(3)24-17/h5-8,10H,4,9H2,1-3H3. The van der Waals surface area contributed by atoms with Crippen LogP contribution in [0.4, 0.5) is 0 Å². The number of Topliss-reactive ketones (excluding diaryl/α,β-unsaturated/α-hetero) is 1. The van der Waals surface area contributed by atoms with E-state index in [4.69, 9.17) is 4.74 Å². The molecule has 0 bridgehead atoms. The van der Waals surface area contributed by atoms with Gasteiger partial charge in [0.25, 0.3) is 5.56 Å². The molecule has 6 heteroatoms. The number of rotatable bonds is 5. The Morgan fingerprint density at radius 3 is 2.62 bits per heavy atom. The highest BCUT2D eigenvalue weighted by Gasteiger charge is 2.14. The zero-order valence-corrected chi connectivity index (χ0v) is 14.6. The van der Waals surface area contributed by atoms with Gasteiger partial charge in [-0.15, -0.1) is 11.3 Å². The van der Waals surface area contributed by atoms with Gasteiger partial charge in [-0.3, -0.25) is 14.2 Å². The van der Waals surface area contributed by atoms with Crippen LogP contribution in [0.1, 0.15) is 27.7 Å². The molecule has 0 aliphatic carbocycles. The molecule has 24 heavy (non-hydrogen) atoms. The second kappa shape index (κ2) is 6.57. The molecule has 0 fully saturated rings. The van der Waals surface area contributed by atoms with Crippen LogP contribution in [0, 0.1) is 13.8 Å². The van der Waals surface area contributed by atoms with Crippen LogP contribution < -0.4 is 10.3 Å². The van der Waals surface area contributed by atoms with Crippen molar-refractivity contribution in [1.29, 1.82) is 0 Å². The van der Waals surface area contributed by atoms with Crippen molar-refractivity contribution in [3.8, 4) is 5.75 Å². The lowest BCUT2D eigenvalue weighted by atomic mass is 10.1. The Kier molecular flexibility index (Phi) is 4.49. The normalized spacial score (nSPS) is 11.0. The zero-order valence-electron chi connectivity index (χ0n) is 13.8. The van der Waals surface area contributed by atoms with E-state index in [-0.39, 0.29) is 17.9 Å². The summed E-state index contributed by atoms with van der Waals surface area (Å²) in [5.41, 5.74) is 1.32. The number of thiophene rings is 1. The van der Waals surface area contributed by atoms with E-state index in [1.54, 1.807) is 24.3 Å². The molecule has 124 valence electrons. The van der Waals surface area contributed by atoms with Gasteiger partial charge >= 0.3 is 0 Å². The lowest BCUT2D eigenvalue weighted by Gasteiger charge is -2.06. The Labute approximate surface area is 143 Å². The van der Waals surface area contributed by atoms with Crippen LogP contribution in [0.25, 0.3) is 10.2 Å². The molecule has 3 rings (SSSR count). The van der Waals surface area contributed by atoms with E-state index >= 15 is 0 Å². The van der Waals surface area contributed by atoms with Gasteiger partial charge < -0.3 is 4.74 Å². The number of nitrogens with zero attached hydrogens (tertiary/aromatic N) is 2. The minimum atomic E-state index is -0.166. The Morgan fingerprint density at radius 2 is 1.96 bits per heavy atom. The molecule has 2 aromatic heterocycles. The zero-order chi connectivity index (χ0) is 17.3. The van der Waals surface area contributed by atoms with Crippen molar-refractivity contribution < 1.29 is 9.53 Å². The highest BCUT2D eigenvalue weighted by Crippen LogP contribution is 2.25. The van der Waals surface area contributed by atoms with E-state index in [2.05, 4.69) is 4.98 Å². The van der Waals surface area contributed by atoms with E-state index in [1.807, 2.05) is 20.8 Å². The van der Waals surface area contributed by atoms with Crippen molar-refractivity contribution in [2.24, 2.45) is 0 Å². The van der Waals surface area contributed by atoms with Crippen molar-refractivity contribution in [3.63, 3.8) is 0 Å². The predicted molar refractivity (Wildman–Crippen MR) is 95.3 cm³/mol. The summed E-state index contributed by atoms with van der Waals surface area (Å²) in [5, 5.41) is 0.611. The van der Waals surface area contributed by atoms with Crippen molar-refractivity contribution in [2.75, 3.05) is 6.61 Å². The third-order valence-corrected chi connectivity index (χ3v) is 5.07. The van der Waals surface area contributed by atoms with E-state index in [0.717, 1.165) is 21.0 Å². The number of benzene rings is 1. The first-order chi connectivity index (χ1) is 11.5. The Morgan fingerprint density at radius 1 is 1.25 bits per heavy atom. The summed E-state index contributed by atoms with van der Waals surface area (Å²) in [4.78, 5) is 31.2. The van der Waals surface area contributed by atoms with Crippen molar-refractivity contribution in [1.82, 2.24) is 9.55 Å². The van der Waals surface area contributed by atoms with Crippen LogP contribution in [0.5, 0.6) is 5.75 Å². The van der Waals surface area contributed by atoms with Gasteiger partial charge in [0.1, 0.15) is 10.6 Å². The van der Waals surface area contributed by atoms with Crippen molar-refractivity contribution in [3.05, 3.63) is 57.0 Å². The first-order valence-electron chi connectivity index (χ1n) is 7.72. The smallest absolute Gasteiger partial charge is 0.262 e. The average molecular weight is 342 g/mol. The van der Waals surface area contributed by atoms with Crippen molar-refractivity contribution in [2.45, 2.75) is 27.3 Å². The lowest BCUT2D eigenvalue weighted by molar-refractivity contribution is 0.0970. The summed E-state index contributed by atoms with van der Waals surface area (Å²) >= 11 is 1.50. The average Bonchev–Trinajstić information content (AvgIpc) is 2.86. The van der Waals surface area contributed by atoms with Gasteiger partial charge in [-0.1, -0.05) is 0 Å². The van der Waals surface area contributed by atoms with Gasteiger partial charge in [0, 0.05) is 10.4 Å². The third kappa shape index (κ3) is 2.97. The summed E-state index contributed by atoms with van der Waals surface area (Å²) in [6, 6.07) is 6.94. The minimum absolute atomic E-state index is 0.0237. The first kappa shape index (κ1) is 16.4. The van der Waals surface area contributed by atoms with Gasteiger partial charge in [-0.2, -0.15) is 0 Å². The summed E-state index contributed by atoms with van der Waals surface area (Å²) in [6.45, 7) is 6.34. The number of aryl methyl sites for hydroxylation is 2.